The predicted molar refractivity (Wildman–Crippen MR) is 98.4 cm³/mol. The van der Waals surface area contributed by atoms with E-state index in [0.29, 0.717) is 50.1 Å². The molecule has 26 heavy (non-hydrogen) atoms. The highest BCUT2D eigenvalue weighted by atomic mass is 16.5. The highest BCUT2D eigenvalue weighted by Crippen LogP contribution is 2.33. The summed E-state index contributed by atoms with van der Waals surface area (Å²) in [5, 5.41) is 12.0. The molecule has 0 unspecified atom stereocenters. The fourth-order valence-corrected chi connectivity index (χ4v) is 3.45. The van der Waals surface area contributed by atoms with Crippen LogP contribution in [0.1, 0.15) is 36.8 Å². The van der Waals surface area contributed by atoms with Crippen LogP contribution in [0.2, 0.25) is 0 Å². The number of carbonyl (C=O) groups is 2. The molecule has 0 aromatic heterocycles. The molecule has 2 rings (SSSR count). The SMILES string of the molecule is C=CCc1cc(CNC(=O)C2CCC(C(=O)O)CC2)cc(OC)c1OC. The molecule has 1 aliphatic carbocycles. The van der Waals surface area contributed by atoms with Crippen LogP contribution in [-0.4, -0.2) is 31.2 Å². The topological polar surface area (TPSA) is 84.9 Å². The standard InChI is InChI=1S/C20H27NO5/c1-4-5-16-10-13(11-17(25-2)18(16)26-3)12-21-19(22)14-6-8-15(9-7-14)20(23)24/h4,10-11,14-15H,1,5-9,12H2,2-3H3,(H,21,22)(H,23,24). The molecule has 0 radical (unpaired) electrons. The molecule has 0 spiro atoms. The molecule has 1 aliphatic rings. The van der Waals surface area contributed by atoms with E-state index < -0.39 is 5.97 Å². The van der Waals surface area contributed by atoms with Gasteiger partial charge in [0.05, 0.1) is 20.1 Å². The van der Waals surface area contributed by atoms with Crippen LogP contribution in [0.15, 0.2) is 24.8 Å². The molecular formula is C20H27NO5. The number of ether oxygens (including phenoxy) is 2. The van der Waals surface area contributed by atoms with Crippen molar-refractivity contribution >= 4 is 11.9 Å². The predicted octanol–water partition coefficient (Wildman–Crippen LogP) is 2.94. The molecule has 142 valence electrons. The first-order valence-corrected chi connectivity index (χ1v) is 8.85. The van der Waals surface area contributed by atoms with Crippen LogP contribution in [0.5, 0.6) is 11.5 Å². The number of carbonyl (C=O) groups excluding carboxylic acids is 1. The highest BCUT2D eigenvalue weighted by Gasteiger charge is 2.29. The maximum atomic E-state index is 12.4. The van der Waals surface area contributed by atoms with Gasteiger partial charge in [0.25, 0.3) is 0 Å². The minimum atomic E-state index is -0.760. The van der Waals surface area contributed by atoms with Gasteiger partial charge in [-0.3, -0.25) is 9.59 Å². The number of rotatable bonds is 8. The van der Waals surface area contributed by atoms with E-state index in [1.165, 1.54) is 0 Å². The van der Waals surface area contributed by atoms with Crippen molar-refractivity contribution in [3.05, 3.63) is 35.9 Å². The molecule has 6 nitrogen and oxygen atoms in total. The summed E-state index contributed by atoms with van der Waals surface area (Å²) >= 11 is 0. The number of amides is 1. The molecule has 6 heteroatoms. The van der Waals surface area contributed by atoms with Crippen molar-refractivity contribution in [3.8, 4) is 11.5 Å². The maximum Gasteiger partial charge on any atom is 0.306 e. The van der Waals surface area contributed by atoms with Crippen LogP contribution in [0.4, 0.5) is 0 Å². The van der Waals surface area contributed by atoms with Gasteiger partial charge in [0.15, 0.2) is 11.5 Å². The Morgan fingerprint density at radius 2 is 1.85 bits per heavy atom. The number of methoxy groups -OCH3 is 2. The molecule has 0 heterocycles. The number of aliphatic carboxylic acids is 1. The van der Waals surface area contributed by atoms with Crippen molar-refractivity contribution in [2.75, 3.05) is 14.2 Å². The lowest BCUT2D eigenvalue weighted by molar-refractivity contribution is -0.144. The van der Waals surface area contributed by atoms with E-state index in [-0.39, 0.29) is 17.7 Å². The molecule has 2 N–H and O–H groups in total. The molecule has 0 aliphatic heterocycles. The number of carboxylic acids is 1. The van der Waals surface area contributed by atoms with Gasteiger partial charge in [-0.1, -0.05) is 6.08 Å². The zero-order valence-corrected chi connectivity index (χ0v) is 15.4. The van der Waals surface area contributed by atoms with E-state index in [9.17, 15) is 9.59 Å². The van der Waals surface area contributed by atoms with Crippen molar-refractivity contribution in [2.45, 2.75) is 38.6 Å². The Morgan fingerprint density at radius 3 is 2.38 bits per heavy atom. The maximum absolute atomic E-state index is 12.4. The van der Waals surface area contributed by atoms with Gasteiger partial charge in [-0.05, 0) is 49.8 Å². The van der Waals surface area contributed by atoms with Crippen LogP contribution in [0.25, 0.3) is 0 Å². The van der Waals surface area contributed by atoms with E-state index in [2.05, 4.69) is 11.9 Å². The Labute approximate surface area is 154 Å². The summed E-state index contributed by atoms with van der Waals surface area (Å²) in [5.41, 5.74) is 1.88. The summed E-state index contributed by atoms with van der Waals surface area (Å²) in [6, 6.07) is 3.83. The Bertz CT molecular complexity index is 662. The van der Waals surface area contributed by atoms with Gasteiger partial charge in [-0.15, -0.1) is 6.58 Å². The van der Waals surface area contributed by atoms with Crippen molar-refractivity contribution in [1.82, 2.24) is 5.32 Å². The van der Waals surface area contributed by atoms with Crippen LogP contribution in [0, 0.1) is 11.8 Å². The summed E-state index contributed by atoms with van der Waals surface area (Å²) in [4.78, 5) is 23.4. The Hall–Kier alpha value is -2.50. The second-order valence-electron chi connectivity index (χ2n) is 6.59. The van der Waals surface area contributed by atoms with Crippen LogP contribution in [-0.2, 0) is 22.6 Å². The first-order valence-electron chi connectivity index (χ1n) is 8.85. The number of hydrogen-bond acceptors (Lipinski definition) is 4. The Kier molecular flexibility index (Phi) is 7.06. The highest BCUT2D eigenvalue weighted by molar-refractivity contribution is 5.79. The van der Waals surface area contributed by atoms with Crippen molar-refractivity contribution < 1.29 is 24.2 Å². The summed E-state index contributed by atoms with van der Waals surface area (Å²) in [7, 11) is 3.18. The third kappa shape index (κ3) is 4.77. The third-order valence-electron chi connectivity index (χ3n) is 4.89. The minimum Gasteiger partial charge on any atom is -0.493 e. The second kappa shape index (κ2) is 9.27. The van der Waals surface area contributed by atoms with E-state index in [1.54, 1.807) is 20.3 Å². The first-order chi connectivity index (χ1) is 12.5. The smallest absolute Gasteiger partial charge is 0.306 e. The monoisotopic (exact) mass is 361 g/mol. The van der Waals surface area contributed by atoms with Crippen LogP contribution in [0.3, 0.4) is 0 Å². The van der Waals surface area contributed by atoms with E-state index in [0.717, 1.165) is 11.1 Å². The third-order valence-corrected chi connectivity index (χ3v) is 4.89. The number of hydrogen-bond donors (Lipinski definition) is 2. The van der Waals surface area contributed by atoms with Gasteiger partial charge in [-0.2, -0.15) is 0 Å². The average Bonchev–Trinajstić information content (AvgIpc) is 2.65. The normalized spacial score (nSPS) is 19.5. The molecule has 0 saturated heterocycles. The van der Waals surface area contributed by atoms with Gasteiger partial charge >= 0.3 is 5.97 Å². The largest absolute Gasteiger partial charge is 0.493 e. The molecule has 1 aromatic carbocycles. The average molecular weight is 361 g/mol. The van der Waals surface area contributed by atoms with Crippen molar-refractivity contribution in [3.63, 3.8) is 0 Å². The molecule has 1 aromatic rings. The molecule has 1 fully saturated rings. The lowest BCUT2D eigenvalue weighted by atomic mass is 9.81. The second-order valence-corrected chi connectivity index (χ2v) is 6.59. The number of benzene rings is 1. The molecular weight excluding hydrogens is 334 g/mol. The van der Waals surface area contributed by atoms with Crippen LogP contribution < -0.4 is 14.8 Å². The van der Waals surface area contributed by atoms with Gasteiger partial charge in [-0.25, -0.2) is 0 Å². The van der Waals surface area contributed by atoms with Gasteiger partial charge in [0.2, 0.25) is 5.91 Å². The number of carboxylic acid groups (broad SMARTS) is 1. The zero-order chi connectivity index (χ0) is 19.1. The Balaban J connectivity index is 2.00. The van der Waals surface area contributed by atoms with E-state index >= 15 is 0 Å². The quantitative estimate of drug-likeness (QED) is 0.696. The molecule has 0 atom stereocenters. The van der Waals surface area contributed by atoms with Crippen molar-refractivity contribution in [2.24, 2.45) is 11.8 Å². The van der Waals surface area contributed by atoms with Gasteiger partial charge < -0.3 is 19.9 Å². The van der Waals surface area contributed by atoms with E-state index in [1.807, 2.05) is 12.1 Å². The minimum absolute atomic E-state index is 0.0195. The molecule has 1 saturated carbocycles. The lowest BCUT2D eigenvalue weighted by Crippen LogP contribution is -2.34. The van der Waals surface area contributed by atoms with Crippen molar-refractivity contribution in [1.29, 1.82) is 0 Å². The van der Waals surface area contributed by atoms with Gasteiger partial charge in [0.1, 0.15) is 0 Å². The van der Waals surface area contributed by atoms with E-state index in [4.69, 9.17) is 14.6 Å². The first kappa shape index (κ1) is 19.8. The fourth-order valence-electron chi connectivity index (χ4n) is 3.45. The zero-order valence-electron chi connectivity index (χ0n) is 15.4. The summed E-state index contributed by atoms with van der Waals surface area (Å²) in [5.74, 6) is 0.0927. The summed E-state index contributed by atoms with van der Waals surface area (Å²) in [6.45, 7) is 4.15. The lowest BCUT2D eigenvalue weighted by Gasteiger charge is -2.25. The van der Waals surface area contributed by atoms with Gasteiger partial charge in [0, 0.05) is 18.0 Å². The van der Waals surface area contributed by atoms with Crippen LogP contribution >= 0.6 is 0 Å². The summed E-state index contributed by atoms with van der Waals surface area (Å²) < 4.78 is 10.8. The number of nitrogens with one attached hydrogen (secondary N) is 1. The summed E-state index contributed by atoms with van der Waals surface area (Å²) in [6.07, 6.45) is 4.80. The molecule has 1 amide bonds. The fraction of sp³-hybridized carbons (Fsp3) is 0.500. The number of allylic oxidation sites excluding steroid dienone is 1. The molecule has 0 bridgehead atoms. The Morgan fingerprint density at radius 1 is 1.19 bits per heavy atom.